The first-order valence-electron chi connectivity index (χ1n) is 9.45. The van der Waals surface area contributed by atoms with Gasteiger partial charge in [-0.2, -0.15) is 33.0 Å². The number of primary sulfonamides is 1. The summed E-state index contributed by atoms with van der Waals surface area (Å²) in [6.07, 6.45) is -3.26. The number of nitrogens with zero attached hydrogens (tertiary/aromatic N) is 4. The van der Waals surface area contributed by atoms with Crippen LogP contribution in [0.1, 0.15) is 22.2 Å². The first kappa shape index (κ1) is 23.6. The zero-order valence-electron chi connectivity index (χ0n) is 17.2. The van der Waals surface area contributed by atoms with Crippen molar-refractivity contribution in [2.75, 3.05) is 0 Å². The molecule has 0 amide bonds. The number of aromatic amines is 1. The molecular weight excluding hydrogens is 493 g/mol. The Bertz CT molecular complexity index is 1430. The molecule has 14 heteroatoms. The minimum atomic E-state index is -4.61. The quantitative estimate of drug-likeness (QED) is 0.498. The topological polar surface area (TPSA) is 137 Å². The summed E-state index contributed by atoms with van der Waals surface area (Å²) in [6.45, 7) is 1.63. The minimum absolute atomic E-state index is 0.0268. The number of hydrogen-bond donors (Lipinski definition) is 2. The molecule has 0 spiro atoms. The van der Waals surface area contributed by atoms with E-state index < -0.39 is 27.1 Å². The highest BCUT2D eigenvalue weighted by atomic mass is 32.2. The molecule has 1 aromatic heterocycles. The fraction of sp³-hybridized carbons (Fsp3) is 0.150. The van der Waals surface area contributed by atoms with Gasteiger partial charge in [0.1, 0.15) is 6.07 Å². The predicted octanol–water partition coefficient (Wildman–Crippen LogP) is 3.93. The van der Waals surface area contributed by atoms with Gasteiger partial charge in [0, 0.05) is 34.3 Å². The van der Waals surface area contributed by atoms with Crippen LogP contribution in [0.3, 0.4) is 0 Å². The Morgan fingerprint density at radius 3 is 2.59 bits per heavy atom. The molecule has 4 rings (SSSR count). The second-order valence-corrected chi connectivity index (χ2v) is 9.47. The normalized spacial score (nSPS) is 16.3. The Kier molecular flexibility index (Phi) is 6.02. The van der Waals surface area contributed by atoms with Gasteiger partial charge in [0.15, 0.2) is 11.1 Å². The first-order valence-corrected chi connectivity index (χ1v) is 11.8. The number of benzene rings is 2. The molecular formula is C20H15F3N6O3S2. The standard InChI is InChI=1S/C20H15F3N6O3S2/c1-11-15(10-26-27-11)14-8-12(20(21,22)23)6-7-16(14)32-29-18(9-24)28-33-19(29)13-4-2-3-5-17(13)34(25,30)31/h2-8,10,19H,1H3,(H,26,27)(H2,25,30,31). The van der Waals surface area contributed by atoms with Crippen molar-refractivity contribution < 1.29 is 26.4 Å². The fourth-order valence-corrected chi connectivity index (χ4v) is 5.03. The van der Waals surface area contributed by atoms with E-state index >= 15 is 0 Å². The average molecular weight is 509 g/mol. The third-order valence-corrected chi connectivity index (χ3v) is 6.78. The number of nitriles is 1. The van der Waals surface area contributed by atoms with Gasteiger partial charge < -0.3 is 4.84 Å². The lowest BCUT2D eigenvalue weighted by atomic mass is 10.0. The molecule has 0 aliphatic carbocycles. The van der Waals surface area contributed by atoms with Crippen LogP contribution in [-0.2, 0) is 16.2 Å². The first-order chi connectivity index (χ1) is 16.0. The predicted molar refractivity (Wildman–Crippen MR) is 117 cm³/mol. The summed E-state index contributed by atoms with van der Waals surface area (Å²) in [6, 6.07) is 10.5. The summed E-state index contributed by atoms with van der Waals surface area (Å²) in [5.74, 6) is -0.241. The summed E-state index contributed by atoms with van der Waals surface area (Å²) < 4.78 is 68.4. The van der Waals surface area contributed by atoms with Crippen molar-refractivity contribution in [3.8, 4) is 22.9 Å². The monoisotopic (exact) mass is 508 g/mol. The molecule has 0 bridgehead atoms. The van der Waals surface area contributed by atoms with Crippen molar-refractivity contribution in [3.05, 3.63) is 65.5 Å². The lowest BCUT2D eigenvalue weighted by molar-refractivity contribution is -0.137. The van der Waals surface area contributed by atoms with E-state index in [0.29, 0.717) is 11.3 Å². The highest BCUT2D eigenvalue weighted by molar-refractivity contribution is 7.98. The van der Waals surface area contributed by atoms with Crippen molar-refractivity contribution >= 4 is 27.8 Å². The summed E-state index contributed by atoms with van der Waals surface area (Å²) in [5.41, 5.74) is 0.192. The van der Waals surface area contributed by atoms with Crippen LogP contribution in [0, 0.1) is 18.3 Å². The Morgan fingerprint density at radius 2 is 1.97 bits per heavy atom. The van der Waals surface area contributed by atoms with Gasteiger partial charge in [-0.05, 0) is 31.2 Å². The molecule has 34 heavy (non-hydrogen) atoms. The average Bonchev–Trinajstić information content (AvgIpc) is 3.38. The number of amidine groups is 1. The van der Waals surface area contributed by atoms with Gasteiger partial charge in [0.05, 0.1) is 16.7 Å². The van der Waals surface area contributed by atoms with E-state index in [1.807, 2.05) is 6.07 Å². The van der Waals surface area contributed by atoms with Gasteiger partial charge >= 0.3 is 6.18 Å². The molecule has 2 heterocycles. The van der Waals surface area contributed by atoms with Crippen molar-refractivity contribution in [2.45, 2.75) is 23.4 Å². The summed E-state index contributed by atoms with van der Waals surface area (Å²) in [5, 5.41) is 21.5. The van der Waals surface area contributed by atoms with Gasteiger partial charge in [0.2, 0.25) is 15.9 Å². The number of sulfonamides is 1. The van der Waals surface area contributed by atoms with Crippen LogP contribution in [0.25, 0.3) is 11.1 Å². The van der Waals surface area contributed by atoms with Crippen LogP contribution >= 0.6 is 11.9 Å². The fourth-order valence-electron chi connectivity index (χ4n) is 3.31. The van der Waals surface area contributed by atoms with E-state index in [-0.39, 0.29) is 27.6 Å². The number of hydroxylamine groups is 2. The van der Waals surface area contributed by atoms with Crippen LogP contribution in [0.4, 0.5) is 13.2 Å². The van der Waals surface area contributed by atoms with E-state index in [1.165, 1.54) is 24.4 Å². The smallest absolute Gasteiger partial charge is 0.375 e. The Hall–Kier alpha value is -3.54. The maximum Gasteiger partial charge on any atom is 0.416 e. The number of aryl methyl sites for hydroxylation is 1. The van der Waals surface area contributed by atoms with E-state index in [9.17, 15) is 26.9 Å². The maximum absolute atomic E-state index is 13.4. The van der Waals surface area contributed by atoms with Gasteiger partial charge in [-0.1, -0.05) is 18.2 Å². The third kappa shape index (κ3) is 4.45. The van der Waals surface area contributed by atoms with Crippen LogP contribution in [0.5, 0.6) is 5.75 Å². The number of hydrogen-bond acceptors (Lipinski definition) is 8. The maximum atomic E-state index is 13.4. The minimum Gasteiger partial charge on any atom is -0.375 e. The van der Waals surface area contributed by atoms with Crippen LogP contribution in [0.2, 0.25) is 0 Å². The molecule has 0 saturated heterocycles. The number of alkyl halides is 3. The summed E-state index contributed by atoms with van der Waals surface area (Å²) in [4.78, 5) is 5.71. The molecule has 176 valence electrons. The lowest BCUT2D eigenvalue weighted by Crippen LogP contribution is -2.33. The number of nitrogens with one attached hydrogen (secondary N) is 1. The number of halogens is 3. The molecule has 1 aliphatic rings. The number of aromatic nitrogens is 2. The molecule has 3 aromatic rings. The molecule has 0 saturated carbocycles. The Morgan fingerprint density at radius 1 is 1.24 bits per heavy atom. The Balaban J connectivity index is 1.82. The third-order valence-electron chi connectivity index (χ3n) is 4.88. The highest BCUT2D eigenvalue weighted by Gasteiger charge is 2.37. The van der Waals surface area contributed by atoms with Gasteiger partial charge in [-0.25, -0.2) is 13.6 Å². The molecule has 1 aliphatic heterocycles. The van der Waals surface area contributed by atoms with Crippen molar-refractivity contribution in [1.29, 1.82) is 5.26 Å². The van der Waals surface area contributed by atoms with Crippen LogP contribution in [0.15, 0.2) is 58.0 Å². The number of nitrogens with two attached hydrogens (primary N) is 1. The SMILES string of the molecule is Cc1[nH]ncc1-c1cc(C(F)(F)F)ccc1ON1C(C#N)=NSC1c1ccccc1S(N)(=O)=O. The zero-order valence-corrected chi connectivity index (χ0v) is 18.9. The number of rotatable bonds is 5. The highest BCUT2D eigenvalue weighted by Crippen LogP contribution is 2.44. The van der Waals surface area contributed by atoms with E-state index in [2.05, 4.69) is 14.6 Å². The second-order valence-electron chi connectivity index (χ2n) is 7.10. The van der Waals surface area contributed by atoms with E-state index in [1.54, 1.807) is 13.0 Å². The summed E-state index contributed by atoms with van der Waals surface area (Å²) >= 11 is 0.848. The largest absolute Gasteiger partial charge is 0.416 e. The van der Waals surface area contributed by atoms with E-state index in [0.717, 1.165) is 35.2 Å². The summed E-state index contributed by atoms with van der Waals surface area (Å²) in [7, 11) is -4.13. The van der Waals surface area contributed by atoms with Gasteiger partial charge in [0.25, 0.3) is 0 Å². The molecule has 0 fully saturated rings. The molecule has 0 radical (unpaired) electrons. The van der Waals surface area contributed by atoms with Crippen LogP contribution in [-0.4, -0.2) is 29.5 Å². The van der Waals surface area contributed by atoms with Crippen molar-refractivity contribution in [2.24, 2.45) is 9.54 Å². The molecule has 2 aromatic carbocycles. The molecule has 3 N–H and O–H groups in total. The molecule has 1 atom stereocenters. The second kappa shape index (κ2) is 8.67. The lowest BCUT2D eigenvalue weighted by Gasteiger charge is -2.26. The zero-order chi connectivity index (χ0) is 24.7. The molecule has 1 unspecified atom stereocenters. The van der Waals surface area contributed by atoms with Gasteiger partial charge in [-0.15, -0.1) is 0 Å². The van der Waals surface area contributed by atoms with Crippen molar-refractivity contribution in [1.82, 2.24) is 15.3 Å². The van der Waals surface area contributed by atoms with Gasteiger partial charge in [-0.3, -0.25) is 5.10 Å². The van der Waals surface area contributed by atoms with Crippen LogP contribution < -0.4 is 9.98 Å². The number of H-pyrrole nitrogens is 1. The Labute approximate surface area is 196 Å². The van der Waals surface area contributed by atoms with Crippen molar-refractivity contribution in [3.63, 3.8) is 0 Å². The van der Waals surface area contributed by atoms with E-state index in [4.69, 9.17) is 9.98 Å². The molecule has 9 nitrogen and oxygen atoms in total.